The zero-order valence-electron chi connectivity index (χ0n) is 12.8. The molecule has 8 nitrogen and oxygen atoms in total. The normalized spacial score (nSPS) is 17.3. The number of hydrogen-bond donors (Lipinski definition) is 2. The van der Waals surface area contributed by atoms with Crippen molar-refractivity contribution in [2.45, 2.75) is 31.7 Å². The average molecular weight is 307 g/mol. The summed E-state index contributed by atoms with van der Waals surface area (Å²) in [4.78, 5) is 36.0. The van der Waals surface area contributed by atoms with Crippen LogP contribution in [0.4, 0.5) is 4.79 Å². The van der Waals surface area contributed by atoms with Crippen molar-refractivity contribution in [2.75, 3.05) is 13.6 Å². The zero-order valence-corrected chi connectivity index (χ0v) is 12.8. The van der Waals surface area contributed by atoms with Gasteiger partial charge in [0.1, 0.15) is 6.04 Å². The Morgan fingerprint density at radius 1 is 1.45 bits per heavy atom. The molecule has 0 saturated carbocycles. The average Bonchev–Trinajstić information content (AvgIpc) is 3.01. The summed E-state index contributed by atoms with van der Waals surface area (Å²) >= 11 is 0. The molecular weight excluding hydrogens is 286 g/mol. The van der Waals surface area contributed by atoms with E-state index in [9.17, 15) is 14.4 Å². The Labute approximate surface area is 128 Å². The number of carbonyl (C=O) groups excluding carboxylic acids is 3. The second kappa shape index (κ2) is 7.06. The number of aromatic nitrogens is 2. The summed E-state index contributed by atoms with van der Waals surface area (Å²) in [7, 11) is 3.62. The van der Waals surface area contributed by atoms with Gasteiger partial charge in [-0.05, 0) is 24.8 Å². The van der Waals surface area contributed by atoms with Crippen molar-refractivity contribution >= 4 is 17.8 Å². The van der Waals surface area contributed by atoms with E-state index in [1.54, 1.807) is 16.6 Å². The minimum atomic E-state index is -0.597. The van der Waals surface area contributed by atoms with Gasteiger partial charge in [-0.25, -0.2) is 4.79 Å². The lowest BCUT2D eigenvalue weighted by Gasteiger charge is -2.17. The molecule has 1 aromatic rings. The quantitative estimate of drug-likeness (QED) is 0.682. The lowest BCUT2D eigenvalue weighted by Crippen LogP contribution is -2.33. The van der Waals surface area contributed by atoms with Crippen LogP contribution in [0, 0.1) is 0 Å². The van der Waals surface area contributed by atoms with Gasteiger partial charge in [0.2, 0.25) is 5.91 Å². The van der Waals surface area contributed by atoms with E-state index in [4.69, 9.17) is 0 Å². The van der Waals surface area contributed by atoms with Crippen molar-refractivity contribution in [3.63, 3.8) is 0 Å². The fraction of sp³-hybridized carbons (Fsp3) is 0.571. The van der Waals surface area contributed by atoms with Crippen LogP contribution in [0.25, 0.3) is 0 Å². The van der Waals surface area contributed by atoms with Crippen LogP contribution in [0.5, 0.6) is 0 Å². The summed E-state index contributed by atoms with van der Waals surface area (Å²) in [6.07, 6.45) is 6.07. The molecule has 0 bridgehead atoms. The van der Waals surface area contributed by atoms with Gasteiger partial charge in [0.05, 0.1) is 6.20 Å². The fourth-order valence-electron chi connectivity index (χ4n) is 2.37. The van der Waals surface area contributed by atoms with Crippen LogP contribution >= 0.6 is 0 Å². The minimum absolute atomic E-state index is 0.0277. The Bertz CT molecular complexity index is 569. The molecule has 0 aliphatic carbocycles. The maximum atomic E-state index is 12.0. The van der Waals surface area contributed by atoms with E-state index in [1.165, 1.54) is 0 Å². The maximum absolute atomic E-state index is 12.0. The van der Waals surface area contributed by atoms with Crippen molar-refractivity contribution in [3.05, 3.63) is 18.0 Å². The molecule has 1 unspecified atom stereocenters. The van der Waals surface area contributed by atoms with Gasteiger partial charge in [-0.2, -0.15) is 5.10 Å². The third-order valence-corrected chi connectivity index (χ3v) is 3.65. The van der Waals surface area contributed by atoms with E-state index in [0.717, 1.165) is 18.4 Å². The molecular formula is C14H21N5O3. The van der Waals surface area contributed by atoms with Gasteiger partial charge in [-0.1, -0.05) is 0 Å². The van der Waals surface area contributed by atoms with Gasteiger partial charge >= 0.3 is 6.03 Å². The van der Waals surface area contributed by atoms with E-state index in [1.807, 2.05) is 19.4 Å². The van der Waals surface area contributed by atoms with Gasteiger partial charge in [0.25, 0.3) is 5.91 Å². The van der Waals surface area contributed by atoms with Crippen LogP contribution < -0.4 is 10.6 Å². The van der Waals surface area contributed by atoms with Crippen molar-refractivity contribution in [2.24, 2.45) is 7.05 Å². The predicted molar refractivity (Wildman–Crippen MR) is 78.9 cm³/mol. The number of nitrogens with one attached hydrogen (secondary N) is 2. The topological polar surface area (TPSA) is 96.3 Å². The Balaban J connectivity index is 1.66. The fourth-order valence-corrected chi connectivity index (χ4v) is 2.37. The van der Waals surface area contributed by atoms with E-state index in [2.05, 4.69) is 15.7 Å². The molecule has 0 aromatic carbocycles. The molecule has 22 heavy (non-hydrogen) atoms. The van der Waals surface area contributed by atoms with Gasteiger partial charge in [0.15, 0.2) is 0 Å². The molecule has 1 saturated heterocycles. The van der Waals surface area contributed by atoms with Gasteiger partial charge in [-0.15, -0.1) is 0 Å². The number of carbonyl (C=O) groups is 3. The summed E-state index contributed by atoms with van der Waals surface area (Å²) in [5.74, 6) is -0.392. The molecule has 1 fully saturated rings. The Kier molecular flexibility index (Phi) is 5.13. The van der Waals surface area contributed by atoms with Crippen LogP contribution in [0.2, 0.25) is 0 Å². The maximum Gasteiger partial charge on any atom is 0.322 e. The van der Waals surface area contributed by atoms with Crippen LogP contribution in [-0.2, 0) is 23.1 Å². The highest BCUT2D eigenvalue weighted by Crippen LogP contribution is 2.06. The monoisotopic (exact) mass is 307 g/mol. The number of rotatable bonds is 7. The number of imide groups is 1. The van der Waals surface area contributed by atoms with Gasteiger partial charge in [-0.3, -0.25) is 19.6 Å². The summed E-state index contributed by atoms with van der Waals surface area (Å²) in [6, 6.07) is -1.09. The molecule has 2 heterocycles. The molecule has 1 atom stereocenters. The third-order valence-electron chi connectivity index (χ3n) is 3.65. The van der Waals surface area contributed by atoms with Gasteiger partial charge < -0.3 is 10.2 Å². The molecule has 8 heteroatoms. The molecule has 2 rings (SSSR count). The highest BCUT2D eigenvalue weighted by molar-refractivity contribution is 6.04. The van der Waals surface area contributed by atoms with E-state index in [-0.39, 0.29) is 18.2 Å². The first-order chi connectivity index (χ1) is 10.5. The molecule has 0 radical (unpaired) electrons. The first kappa shape index (κ1) is 16.0. The second-order valence-electron chi connectivity index (χ2n) is 5.50. The summed E-state index contributed by atoms with van der Waals surface area (Å²) in [5.41, 5.74) is 1.15. The molecule has 1 aromatic heterocycles. The number of aryl methyl sites for hydroxylation is 2. The largest absolute Gasteiger partial charge is 0.346 e. The number of urea groups is 1. The lowest BCUT2D eigenvalue weighted by atomic mass is 10.1. The highest BCUT2D eigenvalue weighted by atomic mass is 16.2. The molecule has 2 N–H and O–H groups in total. The Morgan fingerprint density at radius 2 is 2.23 bits per heavy atom. The van der Waals surface area contributed by atoms with E-state index < -0.39 is 12.1 Å². The zero-order chi connectivity index (χ0) is 16.1. The number of amides is 4. The number of hydrogen-bond acceptors (Lipinski definition) is 4. The van der Waals surface area contributed by atoms with E-state index >= 15 is 0 Å². The molecule has 4 amide bonds. The Morgan fingerprint density at radius 3 is 2.82 bits per heavy atom. The second-order valence-corrected chi connectivity index (χ2v) is 5.50. The highest BCUT2D eigenvalue weighted by Gasteiger charge is 2.29. The minimum Gasteiger partial charge on any atom is -0.346 e. The molecule has 0 spiro atoms. The van der Waals surface area contributed by atoms with Gasteiger partial charge in [0, 0.05) is 33.3 Å². The van der Waals surface area contributed by atoms with Crippen molar-refractivity contribution < 1.29 is 14.4 Å². The van der Waals surface area contributed by atoms with Crippen LogP contribution in [0.1, 0.15) is 24.8 Å². The number of nitrogens with zero attached hydrogens (tertiary/aromatic N) is 3. The smallest absolute Gasteiger partial charge is 0.322 e. The summed E-state index contributed by atoms with van der Waals surface area (Å²) in [6.45, 7) is 0.650. The van der Waals surface area contributed by atoms with Crippen LogP contribution in [0.15, 0.2) is 12.4 Å². The van der Waals surface area contributed by atoms with Crippen molar-refractivity contribution in [1.82, 2.24) is 25.3 Å². The van der Waals surface area contributed by atoms with Crippen LogP contribution in [0.3, 0.4) is 0 Å². The van der Waals surface area contributed by atoms with Crippen molar-refractivity contribution in [1.29, 1.82) is 0 Å². The lowest BCUT2D eigenvalue weighted by molar-refractivity contribution is -0.130. The summed E-state index contributed by atoms with van der Waals surface area (Å²) < 4.78 is 1.76. The Hall–Kier alpha value is -2.38. The molecule has 1 aliphatic rings. The molecule has 120 valence electrons. The first-order valence-corrected chi connectivity index (χ1v) is 7.28. The summed E-state index contributed by atoms with van der Waals surface area (Å²) in [5, 5.41) is 8.74. The first-order valence-electron chi connectivity index (χ1n) is 7.28. The standard InChI is InChI=1S/C14H21N5O3/c1-18(7-3-4-10-8-15-19(2)9-10)12(20)6-5-11-13(21)17-14(22)16-11/h8-9,11H,3-7H2,1-2H3,(H2,16,17,21,22). The van der Waals surface area contributed by atoms with Crippen molar-refractivity contribution in [3.8, 4) is 0 Å². The predicted octanol–water partition coefficient (Wildman–Crippen LogP) is -0.201. The SMILES string of the molecule is CN(CCCc1cnn(C)c1)C(=O)CCC1NC(=O)NC1=O. The third kappa shape index (κ3) is 4.31. The van der Waals surface area contributed by atoms with Crippen LogP contribution in [-0.4, -0.2) is 52.2 Å². The molecule has 1 aliphatic heterocycles. The van der Waals surface area contributed by atoms with E-state index in [0.29, 0.717) is 13.0 Å².